The fraction of sp³-hybridized carbons (Fsp3) is 0.429. The van der Waals surface area contributed by atoms with E-state index in [9.17, 15) is 19.8 Å². The van der Waals surface area contributed by atoms with Gasteiger partial charge in [-0.3, -0.25) is 4.79 Å². The molecule has 1 aliphatic rings. The lowest BCUT2D eigenvalue weighted by Gasteiger charge is -2.26. The molecule has 1 amide bonds. The Balaban J connectivity index is 2.17. The first kappa shape index (κ1) is 14.7. The van der Waals surface area contributed by atoms with Crippen molar-refractivity contribution in [3.8, 4) is 5.75 Å². The van der Waals surface area contributed by atoms with Crippen LogP contribution in [-0.4, -0.2) is 44.2 Å². The van der Waals surface area contributed by atoms with Crippen LogP contribution in [0, 0.1) is 0 Å². The fourth-order valence-corrected chi connectivity index (χ4v) is 3.69. The van der Waals surface area contributed by atoms with Crippen LogP contribution in [0.5, 0.6) is 5.75 Å². The number of phenolic OH excluding ortho intramolecular Hbond substituents is 1. The Labute approximate surface area is 121 Å². The van der Waals surface area contributed by atoms with Gasteiger partial charge in [-0.05, 0) is 12.5 Å². The molecule has 108 valence electrons. The van der Waals surface area contributed by atoms with E-state index in [0.717, 1.165) is 0 Å². The molecule has 0 spiro atoms. The summed E-state index contributed by atoms with van der Waals surface area (Å²) >= 11 is 1.49. The number of carboxylic acids is 1. The third-order valence-electron chi connectivity index (χ3n) is 3.35. The van der Waals surface area contributed by atoms with Gasteiger partial charge < -0.3 is 15.1 Å². The van der Waals surface area contributed by atoms with Crippen molar-refractivity contribution in [3.05, 3.63) is 29.8 Å². The number of aromatic hydroxyl groups is 1. The summed E-state index contributed by atoms with van der Waals surface area (Å²) in [6, 6.07) is 5.85. The summed E-state index contributed by atoms with van der Waals surface area (Å²) in [5.41, 5.74) is 0.522. The first-order chi connectivity index (χ1) is 9.54. The third kappa shape index (κ3) is 2.90. The van der Waals surface area contributed by atoms with Gasteiger partial charge >= 0.3 is 5.97 Å². The second kappa shape index (κ2) is 6.17. The number of carbonyl (C=O) groups is 2. The maximum Gasteiger partial charge on any atom is 0.327 e. The summed E-state index contributed by atoms with van der Waals surface area (Å²) in [6.07, 6.45) is 0.731. The summed E-state index contributed by atoms with van der Waals surface area (Å²) < 4.78 is 0. The minimum atomic E-state index is -0.973. The lowest BCUT2D eigenvalue weighted by Crippen LogP contribution is -2.46. The number of carboxylic acid groups (broad SMARTS) is 1. The summed E-state index contributed by atoms with van der Waals surface area (Å²) in [7, 11) is 0. The van der Waals surface area contributed by atoms with Crippen molar-refractivity contribution in [2.75, 3.05) is 5.75 Å². The Kier molecular flexibility index (Phi) is 4.54. The fourth-order valence-electron chi connectivity index (χ4n) is 2.32. The minimum absolute atomic E-state index is 0.0213. The molecule has 0 saturated carbocycles. The van der Waals surface area contributed by atoms with Crippen LogP contribution < -0.4 is 0 Å². The van der Waals surface area contributed by atoms with Gasteiger partial charge in [-0.1, -0.05) is 25.1 Å². The molecule has 0 aliphatic carbocycles. The Bertz CT molecular complexity index is 520. The minimum Gasteiger partial charge on any atom is -0.508 e. The molecule has 2 rings (SSSR count). The van der Waals surface area contributed by atoms with Crippen LogP contribution in [0.15, 0.2) is 24.3 Å². The van der Waals surface area contributed by atoms with Crippen molar-refractivity contribution >= 4 is 23.6 Å². The van der Waals surface area contributed by atoms with Gasteiger partial charge in [0.15, 0.2) is 0 Å². The van der Waals surface area contributed by atoms with Gasteiger partial charge in [-0.25, -0.2) is 4.79 Å². The molecule has 1 saturated heterocycles. The molecule has 0 aromatic heterocycles. The van der Waals surface area contributed by atoms with Crippen LogP contribution in [-0.2, 0) is 16.0 Å². The highest BCUT2D eigenvalue weighted by atomic mass is 32.2. The van der Waals surface area contributed by atoms with Crippen molar-refractivity contribution in [2.24, 2.45) is 0 Å². The standard InChI is InChI=1S/C14H17NO4S/c1-2-13-15(10(8-20-13)14(18)19)12(17)7-9-5-3-4-6-11(9)16/h3-6,10,13,16H,2,7-8H2,1H3,(H,18,19). The van der Waals surface area contributed by atoms with Crippen molar-refractivity contribution in [2.45, 2.75) is 31.2 Å². The number of hydrogen-bond donors (Lipinski definition) is 2. The summed E-state index contributed by atoms with van der Waals surface area (Å²) in [5, 5.41) is 18.8. The molecule has 1 fully saturated rings. The Hall–Kier alpha value is -1.69. The van der Waals surface area contributed by atoms with Crippen LogP contribution in [0.4, 0.5) is 0 Å². The number of para-hydroxylation sites is 1. The number of benzene rings is 1. The maximum absolute atomic E-state index is 12.4. The number of rotatable bonds is 4. The van der Waals surface area contributed by atoms with Gasteiger partial charge in [0.25, 0.3) is 0 Å². The van der Waals surface area contributed by atoms with E-state index in [2.05, 4.69) is 0 Å². The average molecular weight is 295 g/mol. The topological polar surface area (TPSA) is 77.8 Å². The molecule has 5 nitrogen and oxygen atoms in total. The van der Waals surface area contributed by atoms with Gasteiger partial charge in [0, 0.05) is 11.3 Å². The number of carbonyl (C=O) groups excluding carboxylic acids is 1. The summed E-state index contributed by atoms with van der Waals surface area (Å²) in [5.74, 6) is -0.747. The van der Waals surface area contributed by atoms with Crippen LogP contribution in [0.25, 0.3) is 0 Å². The molecule has 2 unspecified atom stereocenters. The Morgan fingerprint density at radius 3 is 2.70 bits per heavy atom. The quantitative estimate of drug-likeness (QED) is 0.884. The van der Waals surface area contributed by atoms with E-state index in [1.165, 1.54) is 22.7 Å². The number of thioether (sulfide) groups is 1. The highest BCUT2D eigenvalue weighted by Crippen LogP contribution is 2.32. The van der Waals surface area contributed by atoms with E-state index in [0.29, 0.717) is 17.7 Å². The lowest BCUT2D eigenvalue weighted by atomic mass is 10.1. The summed E-state index contributed by atoms with van der Waals surface area (Å²) in [6.45, 7) is 1.93. The predicted octanol–water partition coefficient (Wildman–Crippen LogP) is 1.70. The second-order valence-electron chi connectivity index (χ2n) is 4.66. The molecule has 1 aliphatic heterocycles. The van der Waals surface area contributed by atoms with Crippen LogP contribution in [0.3, 0.4) is 0 Å². The third-order valence-corrected chi connectivity index (χ3v) is 4.80. The first-order valence-corrected chi connectivity index (χ1v) is 7.52. The molecule has 2 N–H and O–H groups in total. The van der Waals surface area contributed by atoms with Gasteiger partial charge in [0.1, 0.15) is 11.8 Å². The van der Waals surface area contributed by atoms with E-state index in [-0.39, 0.29) is 23.5 Å². The van der Waals surface area contributed by atoms with Gasteiger partial charge in [0.05, 0.1) is 11.8 Å². The Morgan fingerprint density at radius 1 is 1.40 bits per heavy atom. The molecule has 1 aromatic rings. The maximum atomic E-state index is 12.4. The van der Waals surface area contributed by atoms with Crippen molar-refractivity contribution in [3.63, 3.8) is 0 Å². The molecule has 6 heteroatoms. The largest absolute Gasteiger partial charge is 0.508 e. The number of hydrogen-bond acceptors (Lipinski definition) is 4. The van der Waals surface area contributed by atoms with E-state index in [4.69, 9.17) is 0 Å². The summed E-state index contributed by atoms with van der Waals surface area (Å²) in [4.78, 5) is 25.1. The molecular formula is C14H17NO4S. The first-order valence-electron chi connectivity index (χ1n) is 6.47. The van der Waals surface area contributed by atoms with Crippen molar-refractivity contribution in [1.82, 2.24) is 4.90 Å². The predicted molar refractivity (Wildman–Crippen MR) is 76.6 cm³/mol. The van der Waals surface area contributed by atoms with Crippen molar-refractivity contribution < 1.29 is 19.8 Å². The van der Waals surface area contributed by atoms with Gasteiger partial charge in [-0.15, -0.1) is 11.8 Å². The molecule has 2 atom stereocenters. The average Bonchev–Trinajstić information content (AvgIpc) is 2.85. The van der Waals surface area contributed by atoms with Crippen LogP contribution in [0.2, 0.25) is 0 Å². The van der Waals surface area contributed by atoms with E-state index in [1.54, 1.807) is 18.2 Å². The number of amides is 1. The molecule has 20 heavy (non-hydrogen) atoms. The van der Waals surface area contributed by atoms with E-state index in [1.807, 2.05) is 6.92 Å². The molecule has 1 aromatic carbocycles. The zero-order valence-electron chi connectivity index (χ0n) is 11.2. The monoisotopic (exact) mass is 295 g/mol. The van der Waals surface area contributed by atoms with E-state index < -0.39 is 12.0 Å². The number of nitrogens with zero attached hydrogens (tertiary/aromatic N) is 1. The van der Waals surface area contributed by atoms with Crippen LogP contribution in [0.1, 0.15) is 18.9 Å². The van der Waals surface area contributed by atoms with Crippen LogP contribution >= 0.6 is 11.8 Å². The molecule has 0 bridgehead atoms. The molecular weight excluding hydrogens is 278 g/mol. The smallest absolute Gasteiger partial charge is 0.327 e. The van der Waals surface area contributed by atoms with Gasteiger partial charge in [-0.2, -0.15) is 0 Å². The Morgan fingerprint density at radius 2 is 2.10 bits per heavy atom. The number of aliphatic carboxylic acids is 1. The second-order valence-corrected chi connectivity index (χ2v) is 5.87. The molecule has 1 heterocycles. The van der Waals surface area contributed by atoms with Crippen molar-refractivity contribution in [1.29, 1.82) is 0 Å². The number of phenols is 1. The van der Waals surface area contributed by atoms with Gasteiger partial charge in [0.2, 0.25) is 5.91 Å². The molecule has 0 radical (unpaired) electrons. The lowest BCUT2D eigenvalue weighted by molar-refractivity contribution is -0.148. The normalized spacial score (nSPS) is 21.9. The highest BCUT2D eigenvalue weighted by Gasteiger charge is 2.40. The zero-order valence-corrected chi connectivity index (χ0v) is 12.0. The highest BCUT2D eigenvalue weighted by molar-refractivity contribution is 8.00. The SMILES string of the molecule is CCC1SCC(C(=O)O)N1C(=O)Cc1ccccc1O. The zero-order chi connectivity index (χ0) is 14.7. The van der Waals surface area contributed by atoms with E-state index >= 15 is 0 Å².